The first-order valence-electron chi connectivity index (χ1n) is 7.94. The second-order valence-corrected chi connectivity index (χ2v) is 6.13. The van der Waals surface area contributed by atoms with E-state index in [2.05, 4.69) is 76.3 Å². The van der Waals surface area contributed by atoms with Crippen molar-refractivity contribution in [1.82, 2.24) is 0 Å². The number of rotatable bonds is 5. The zero-order chi connectivity index (χ0) is 15.4. The highest BCUT2D eigenvalue weighted by Gasteiger charge is 2.09. The molecule has 112 valence electrons. The fraction of sp³-hybridized carbons (Fsp3) is 0.400. The molecule has 0 bridgehead atoms. The standard InChI is InChI=1S/C20H27N/c1-6-7-18-8-10-19(11-9-18)17(5)21-20-15(3)12-14(2)13-16(20)4/h8-13,17,21H,6-7H2,1-5H3. The average Bonchev–Trinajstić information content (AvgIpc) is 2.43. The lowest BCUT2D eigenvalue weighted by atomic mass is 10.0. The largest absolute Gasteiger partial charge is 0.378 e. The van der Waals surface area contributed by atoms with Gasteiger partial charge in [0, 0.05) is 11.7 Å². The minimum absolute atomic E-state index is 0.320. The van der Waals surface area contributed by atoms with Crippen molar-refractivity contribution in [2.45, 2.75) is 53.5 Å². The lowest BCUT2D eigenvalue weighted by molar-refractivity contribution is 0.872. The van der Waals surface area contributed by atoms with Crippen molar-refractivity contribution in [1.29, 1.82) is 0 Å². The van der Waals surface area contributed by atoms with Crippen LogP contribution in [0.1, 0.15) is 54.1 Å². The molecule has 1 N–H and O–H groups in total. The van der Waals surface area contributed by atoms with Crippen molar-refractivity contribution >= 4 is 5.69 Å². The molecule has 0 amide bonds. The molecule has 2 aromatic carbocycles. The maximum Gasteiger partial charge on any atom is 0.0485 e. The molecule has 2 rings (SSSR count). The van der Waals surface area contributed by atoms with E-state index in [4.69, 9.17) is 0 Å². The minimum atomic E-state index is 0.320. The van der Waals surface area contributed by atoms with E-state index in [0.717, 1.165) is 6.42 Å². The molecule has 0 fully saturated rings. The summed E-state index contributed by atoms with van der Waals surface area (Å²) in [5.41, 5.74) is 8.01. The summed E-state index contributed by atoms with van der Waals surface area (Å²) >= 11 is 0. The Bertz CT molecular complexity index is 573. The highest BCUT2D eigenvalue weighted by atomic mass is 14.9. The maximum atomic E-state index is 3.67. The number of anilines is 1. The van der Waals surface area contributed by atoms with Crippen LogP contribution in [-0.4, -0.2) is 0 Å². The third-order valence-electron chi connectivity index (χ3n) is 4.06. The van der Waals surface area contributed by atoms with Crippen molar-refractivity contribution in [3.8, 4) is 0 Å². The molecule has 0 heterocycles. The van der Waals surface area contributed by atoms with Gasteiger partial charge in [-0.25, -0.2) is 0 Å². The Kier molecular flexibility index (Phi) is 5.06. The van der Waals surface area contributed by atoms with Crippen LogP contribution in [0.15, 0.2) is 36.4 Å². The second-order valence-electron chi connectivity index (χ2n) is 6.13. The van der Waals surface area contributed by atoms with Gasteiger partial charge in [0.25, 0.3) is 0 Å². The smallest absolute Gasteiger partial charge is 0.0485 e. The monoisotopic (exact) mass is 281 g/mol. The first-order valence-corrected chi connectivity index (χ1v) is 7.94. The van der Waals surface area contributed by atoms with Gasteiger partial charge in [-0.15, -0.1) is 0 Å². The van der Waals surface area contributed by atoms with Crippen LogP contribution in [0.2, 0.25) is 0 Å². The van der Waals surface area contributed by atoms with Crippen LogP contribution < -0.4 is 5.32 Å². The molecule has 0 aliphatic rings. The third kappa shape index (κ3) is 3.87. The van der Waals surface area contributed by atoms with E-state index in [1.807, 2.05) is 0 Å². The third-order valence-corrected chi connectivity index (χ3v) is 4.06. The Morgan fingerprint density at radius 2 is 1.52 bits per heavy atom. The summed E-state index contributed by atoms with van der Waals surface area (Å²) < 4.78 is 0. The molecule has 1 unspecified atom stereocenters. The number of aryl methyl sites for hydroxylation is 4. The van der Waals surface area contributed by atoms with Crippen LogP contribution in [0.4, 0.5) is 5.69 Å². The van der Waals surface area contributed by atoms with Gasteiger partial charge in [0.2, 0.25) is 0 Å². The summed E-state index contributed by atoms with van der Waals surface area (Å²) in [6.07, 6.45) is 2.37. The number of benzene rings is 2. The molecule has 0 spiro atoms. The van der Waals surface area contributed by atoms with E-state index >= 15 is 0 Å². The van der Waals surface area contributed by atoms with Gasteiger partial charge in [0.1, 0.15) is 0 Å². The SMILES string of the molecule is CCCc1ccc(C(C)Nc2c(C)cc(C)cc2C)cc1. The molecule has 0 aliphatic heterocycles. The fourth-order valence-electron chi connectivity index (χ4n) is 2.97. The zero-order valence-electron chi connectivity index (χ0n) is 14.0. The van der Waals surface area contributed by atoms with Gasteiger partial charge in [-0.2, -0.15) is 0 Å². The first-order chi connectivity index (χ1) is 10.0. The van der Waals surface area contributed by atoms with Crippen LogP contribution in [0.3, 0.4) is 0 Å². The predicted octanol–water partition coefficient (Wildman–Crippen LogP) is 5.74. The number of hydrogen-bond acceptors (Lipinski definition) is 1. The second kappa shape index (κ2) is 6.80. The molecule has 0 radical (unpaired) electrons. The van der Waals surface area contributed by atoms with Crippen molar-refractivity contribution < 1.29 is 0 Å². The summed E-state index contributed by atoms with van der Waals surface area (Å²) in [6.45, 7) is 11.0. The van der Waals surface area contributed by atoms with Gasteiger partial charge in [0.15, 0.2) is 0 Å². The molecular formula is C20H27N. The molecule has 2 aromatic rings. The van der Waals surface area contributed by atoms with E-state index in [9.17, 15) is 0 Å². The Hall–Kier alpha value is -1.76. The fourth-order valence-corrected chi connectivity index (χ4v) is 2.97. The molecular weight excluding hydrogens is 254 g/mol. The van der Waals surface area contributed by atoms with E-state index in [1.54, 1.807) is 0 Å². The summed E-state index contributed by atoms with van der Waals surface area (Å²) in [5, 5.41) is 3.67. The van der Waals surface area contributed by atoms with Crippen molar-refractivity contribution in [2.24, 2.45) is 0 Å². The maximum absolute atomic E-state index is 3.67. The molecule has 1 atom stereocenters. The highest BCUT2D eigenvalue weighted by molar-refractivity contribution is 5.59. The van der Waals surface area contributed by atoms with Crippen LogP contribution >= 0.6 is 0 Å². The summed E-state index contributed by atoms with van der Waals surface area (Å²) in [7, 11) is 0. The topological polar surface area (TPSA) is 12.0 Å². The first kappa shape index (κ1) is 15.6. The molecule has 1 heteroatoms. The zero-order valence-corrected chi connectivity index (χ0v) is 14.0. The van der Waals surface area contributed by atoms with Crippen LogP contribution in [-0.2, 0) is 6.42 Å². The van der Waals surface area contributed by atoms with E-state index < -0.39 is 0 Å². The average molecular weight is 281 g/mol. The summed E-state index contributed by atoms with van der Waals surface area (Å²) in [4.78, 5) is 0. The lowest BCUT2D eigenvalue weighted by Crippen LogP contribution is -2.09. The van der Waals surface area contributed by atoms with Crippen LogP contribution in [0, 0.1) is 20.8 Å². The van der Waals surface area contributed by atoms with Crippen molar-refractivity contribution in [3.05, 3.63) is 64.2 Å². The number of hydrogen-bond donors (Lipinski definition) is 1. The highest BCUT2D eigenvalue weighted by Crippen LogP contribution is 2.27. The van der Waals surface area contributed by atoms with Gasteiger partial charge >= 0.3 is 0 Å². The molecule has 0 saturated carbocycles. The Morgan fingerprint density at radius 1 is 0.952 bits per heavy atom. The molecule has 21 heavy (non-hydrogen) atoms. The molecule has 0 aromatic heterocycles. The Labute approximate surface area is 129 Å². The quantitative estimate of drug-likeness (QED) is 0.737. The Morgan fingerprint density at radius 3 is 2.05 bits per heavy atom. The van der Waals surface area contributed by atoms with Crippen LogP contribution in [0.25, 0.3) is 0 Å². The van der Waals surface area contributed by atoms with E-state index in [0.29, 0.717) is 6.04 Å². The summed E-state index contributed by atoms with van der Waals surface area (Å²) in [5.74, 6) is 0. The minimum Gasteiger partial charge on any atom is -0.378 e. The van der Waals surface area contributed by atoms with Gasteiger partial charge in [0.05, 0.1) is 0 Å². The normalized spacial score (nSPS) is 12.2. The molecule has 0 aliphatic carbocycles. The van der Waals surface area contributed by atoms with Crippen molar-refractivity contribution in [2.75, 3.05) is 5.32 Å². The van der Waals surface area contributed by atoms with E-state index in [1.165, 1.54) is 39.9 Å². The van der Waals surface area contributed by atoms with Gasteiger partial charge in [-0.05, 0) is 56.4 Å². The van der Waals surface area contributed by atoms with Gasteiger partial charge < -0.3 is 5.32 Å². The van der Waals surface area contributed by atoms with Gasteiger partial charge in [-0.1, -0.05) is 55.3 Å². The van der Waals surface area contributed by atoms with Gasteiger partial charge in [-0.3, -0.25) is 0 Å². The van der Waals surface area contributed by atoms with Crippen LogP contribution in [0.5, 0.6) is 0 Å². The lowest BCUT2D eigenvalue weighted by Gasteiger charge is -2.20. The molecule has 0 saturated heterocycles. The predicted molar refractivity (Wildman–Crippen MR) is 93.1 cm³/mol. The molecule has 1 nitrogen and oxygen atoms in total. The Balaban J connectivity index is 2.16. The number of nitrogens with one attached hydrogen (secondary N) is 1. The summed E-state index contributed by atoms with van der Waals surface area (Å²) in [6, 6.07) is 13.8. The van der Waals surface area contributed by atoms with Crippen molar-refractivity contribution in [3.63, 3.8) is 0 Å². The van der Waals surface area contributed by atoms with E-state index in [-0.39, 0.29) is 0 Å².